The van der Waals surface area contributed by atoms with Gasteiger partial charge in [0, 0.05) is 24.6 Å². The van der Waals surface area contributed by atoms with E-state index in [-0.39, 0.29) is 11.9 Å². The Hall–Kier alpha value is -2.30. The quantitative estimate of drug-likeness (QED) is 0.355. The molecule has 0 saturated carbocycles. The van der Waals surface area contributed by atoms with Crippen LogP contribution in [-0.2, 0) is 14.3 Å². The maximum Gasteiger partial charge on any atom is 0.305 e. The number of amides is 1. The monoisotopic (exact) mass is 347 g/mol. The van der Waals surface area contributed by atoms with E-state index in [1.807, 2.05) is 24.3 Å². The largest absolute Gasteiger partial charge is 0.493 e. The highest BCUT2D eigenvalue weighted by molar-refractivity contribution is 5.92. The highest BCUT2D eigenvalue weighted by Crippen LogP contribution is 2.19. The van der Waals surface area contributed by atoms with Gasteiger partial charge in [0.25, 0.3) is 0 Å². The normalized spacial score (nSPS) is 10.6. The van der Waals surface area contributed by atoms with Gasteiger partial charge in [-0.25, -0.2) is 0 Å². The van der Waals surface area contributed by atoms with E-state index >= 15 is 0 Å². The molecule has 1 N–H and O–H groups in total. The van der Waals surface area contributed by atoms with Gasteiger partial charge in [-0.3, -0.25) is 9.59 Å². The molecule has 0 unspecified atom stereocenters. The molecule has 1 aromatic carbocycles. The Bertz CT molecular complexity index is 554. The predicted molar refractivity (Wildman–Crippen MR) is 99.4 cm³/mol. The average molecular weight is 347 g/mol. The molecule has 1 aromatic rings. The zero-order valence-corrected chi connectivity index (χ0v) is 15.3. The molecule has 0 aliphatic carbocycles. The molecule has 25 heavy (non-hydrogen) atoms. The number of unbranched alkanes of at least 4 members (excludes halogenated alkanes) is 2. The second kappa shape index (κ2) is 13.0. The van der Waals surface area contributed by atoms with E-state index in [2.05, 4.69) is 12.2 Å². The Morgan fingerprint density at radius 3 is 2.68 bits per heavy atom. The van der Waals surface area contributed by atoms with E-state index in [4.69, 9.17) is 9.47 Å². The molecule has 138 valence electrons. The number of rotatable bonds is 12. The lowest BCUT2D eigenvalue weighted by Crippen LogP contribution is -2.22. The fourth-order valence-corrected chi connectivity index (χ4v) is 2.20. The Morgan fingerprint density at radius 2 is 1.92 bits per heavy atom. The topological polar surface area (TPSA) is 64.6 Å². The fraction of sp³-hybridized carbons (Fsp3) is 0.500. The summed E-state index contributed by atoms with van der Waals surface area (Å²) in [4.78, 5) is 23.0. The molecule has 0 atom stereocenters. The molecule has 5 heteroatoms. The van der Waals surface area contributed by atoms with Crippen molar-refractivity contribution in [3.8, 4) is 5.75 Å². The average Bonchev–Trinajstić information content (AvgIpc) is 2.62. The van der Waals surface area contributed by atoms with Crippen LogP contribution in [0.5, 0.6) is 5.75 Å². The minimum absolute atomic E-state index is 0.129. The summed E-state index contributed by atoms with van der Waals surface area (Å²) in [6.07, 6.45) is 7.18. The molecular formula is C20H29NO4. The van der Waals surface area contributed by atoms with Gasteiger partial charge >= 0.3 is 5.97 Å². The number of para-hydroxylation sites is 1. The third-order valence-electron chi connectivity index (χ3n) is 3.46. The minimum Gasteiger partial charge on any atom is -0.493 e. The second-order valence-electron chi connectivity index (χ2n) is 5.63. The Morgan fingerprint density at radius 1 is 1.12 bits per heavy atom. The number of hydrogen-bond acceptors (Lipinski definition) is 4. The van der Waals surface area contributed by atoms with Crippen molar-refractivity contribution in [2.75, 3.05) is 19.8 Å². The van der Waals surface area contributed by atoms with Crippen LogP contribution in [-0.4, -0.2) is 31.6 Å². The van der Waals surface area contributed by atoms with Gasteiger partial charge in [-0.15, -0.1) is 0 Å². The van der Waals surface area contributed by atoms with E-state index in [0.717, 1.165) is 37.0 Å². The minimum atomic E-state index is -0.154. The van der Waals surface area contributed by atoms with Crippen LogP contribution in [0.4, 0.5) is 0 Å². The highest BCUT2D eigenvalue weighted by Gasteiger charge is 2.02. The van der Waals surface area contributed by atoms with Crippen LogP contribution in [0, 0.1) is 0 Å². The molecule has 0 aliphatic rings. The lowest BCUT2D eigenvalue weighted by molar-refractivity contribution is -0.143. The van der Waals surface area contributed by atoms with E-state index in [0.29, 0.717) is 26.2 Å². The molecule has 0 saturated heterocycles. The van der Waals surface area contributed by atoms with Gasteiger partial charge in [-0.05, 0) is 38.3 Å². The number of esters is 1. The number of benzene rings is 1. The summed E-state index contributed by atoms with van der Waals surface area (Å²) in [6, 6.07) is 7.65. The van der Waals surface area contributed by atoms with E-state index < -0.39 is 0 Å². The van der Waals surface area contributed by atoms with E-state index in [1.54, 1.807) is 13.0 Å². The second-order valence-corrected chi connectivity index (χ2v) is 5.63. The van der Waals surface area contributed by atoms with E-state index in [1.165, 1.54) is 6.08 Å². The molecule has 0 radical (unpaired) electrons. The zero-order valence-electron chi connectivity index (χ0n) is 15.3. The summed E-state index contributed by atoms with van der Waals surface area (Å²) < 4.78 is 10.5. The van der Waals surface area contributed by atoms with Gasteiger partial charge < -0.3 is 14.8 Å². The first-order valence-electron chi connectivity index (χ1n) is 9.00. The standard InChI is InChI=1S/C20H29NO4/c1-3-16-25-18-11-8-7-10-17(18)13-14-19(22)21-15-9-5-6-12-20(23)24-4-2/h7-8,10-11,13-14H,3-6,9,12,15-16H2,1-2H3,(H,21,22)/b14-13+. The molecule has 0 bridgehead atoms. The van der Waals surface area contributed by atoms with Crippen LogP contribution in [0.2, 0.25) is 0 Å². The first kappa shape index (κ1) is 20.7. The van der Waals surface area contributed by atoms with Gasteiger partial charge in [0.2, 0.25) is 5.91 Å². The fourth-order valence-electron chi connectivity index (χ4n) is 2.20. The third-order valence-corrected chi connectivity index (χ3v) is 3.46. The van der Waals surface area contributed by atoms with Crippen molar-refractivity contribution in [2.45, 2.75) is 46.0 Å². The van der Waals surface area contributed by atoms with Crippen LogP contribution in [0.25, 0.3) is 6.08 Å². The molecule has 5 nitrogen and oxygen atoms in total. The molecular weight excluding hydrogens is 318 g/mol. The summed E-state index contributed by atoms with van der Waals surface area (Å²) in [6.45, 7) is 5.53. The van der Waals surface area contributed by atoms with Gasteiger partial charge in [0.05, 0.1) is 13.2 Å². The maximum atomic E-state index is 11.9. The lowest BCUT2D eigenvalue weighted by Gasteiger charge is -2.07. The summed E-state index contributed by atoms with van der Waals surface area (Å²) in [5, 5.41) is 2.85. The smallest absolute Gasteiger partial charge is 0.305 e. The van der Waals surface area contributed by atoms with Crippen molar-refractivity contribution >= 4 is 18.0 Å². The SMILES string of the molecule is CCCOc1ccccc1/C=C/C(=O)NCCCCCC(=O)OCC. The molecule has 0 spiro atoms. The van der Waals surface area contributed by atoms with Crippen LogP contribution in [0.3, 0.4) is 0 Å². The van der Waals surface area contributed by atoms with Gasteiger partial charge in [-0.2, -0.15) is 0 Å². The number of carbonyl (C=O) groups excluding carboxylic acids is 2. The van der Waals surface area contributed by atoms with Crippen LogP contribution < -0.4 is 10.1 Å². The summed E-state index contributed by atoms with van der Waals surface area (Å²) in [7, 11) is 0. The van der Waals surface area contributed by atoms with Crippen molar-refractivity contribution < 1.29 is 19.1 Å². The lowest BCUT2D eigenvalue weighted by atomic mass is 10.2. The highest BCUT2D eigenvalue weighted by atomic mass is 16.5. The van der Waals surface area contributed by atoms with Gasteiger partial charge in [0.1, 0.15) is 5.75 Å². The van der Waals surface area contributed by atoms with Crippen molar-refractivity contribution in [1.82, 2.24) is 5.32 Å². The van der Waals surface area contributed by atoms with Crippen molar-refractivity contribution in [3.05, 3.63) is 35.9 Å². The third kappa shape index (κ3) is 9.55. The number of carbonyl (C=O) groups is 2. The molecule has 0 heterocycles. The van der Waals surface area contributed by atoms with E-state index in [9.17, 15) is 9.59 Å². The summed E-state index contributed by atoms with van der Waals surface area (Å²) >= 11 is 0. The first-order chi connectivity index (χ1) is 12.2. The molecule has 1 amide bonds. The first-order valence-corrected chi connectivity index (χ1v) is 9.00. The van der Waals surface area contributed by atoms with Crippen molar-refractivity contribution in [2.24, 2.45) is 0 Å². The Kier molecular flexibility index (Phi) is 10.8. The molecule has 0 aliphatic heterocycles. The van der Waals surface area contributed by atoms with Crippen LogP contribution >= 0.6 is 0 Å². The maximum absolute atomic E-state index is 11.9. The predicted octanol–water partition coefficient (Wildman–Crippen LogP) is 3.73. The summed E-state index contributed by atoms with van der Waals surface area (Å²) in [5.41, 5.74) is 0.889. The van der Waals surface area contributed by atoms with Crippen molar-refractivity contribution in [1.29, 1.82) is 0 Å². The Labute approximate surface area is 150 Å². The van der Waals surface area contributed by atoms with Crippen LogP contribution in [0.1, 0.15) is 51.5 Å². The van der Waals surface area contributed by atoms with Crippen LogP contribution in [0.15, 0.2) is 30.3 Å². The number of nitrogens with one attached hydrogen (secondary N) is 1. The number of ether oxygens (including phenoxy) is 2. The molecule has 0 fully saturated rings. The van der Waals surface area contributed by atoms with Gasteiger partial charge in [0.15, 0.2) is 0 Å². The zero-order chi connectivity index (χ0) is 18.3. The van der Waals surface area contributed by atoms with Gasteiger partial charge in [-0.1, -0.05) is 31.5 Å². The molecule has 1 rings (SSSR count). The Balaban J connectivity index is 2.26. The summed E-state index contributed by atoms with van der Waals surface area (Å²) in [5.74, 6) is 0.501. The van der Waals surface area contributed by atoms with Crippen molar-refractivity contribution in [3.63, 3.8) is 0 Å². The number of hydrogen-bond donors (Lipinski definition) is 1. The molecule has 0 aromatic heterocycles.